The van der Waals surface area contributed by atoms with Crippen molar-refractivity contribution in [3.63, 3.8) is 0 Å². The van der Waals surface area contributed by atoms with Gasteiger partial charge in [0.15, 0.2) is 0 Å². The highest BCUT2D eigenvalue weighted by Gasteiger charge is 2.12. The number of aliphatic carboxylic acids is 1. The highest BCUT2D eigenvalue weighted by atomic mass is 16.5. The van der Waals surface area contributed by atoms with E-state index in [1.165, 1.54) is 0 Å². The van der Waals surface area contributed by atoms with E-state index in [1.54, 1.807) is 0 Å². The molecule has 0 bridgehead atoms. The SMILES string of the molecule is CC(C)Oc1ccc2c(ccn2CC(O)CC(=O)O)c1. The third-order valence-corrected chi connectivity index (χ3v) is 2.93. The number of aliphatic hydroxyl groups is 1. The Balaban J connectivity index is 2.18. The van der Waals surface area contributed by atoms with Crippen LogP contribution in [0.1, 0.15) is 20.3 Å². The highest BCUT2D eigenvalue weighted by molar-refractivity contribution is 5.81. The summed E-state index contributed by atoms with van der Waals surface area (Å²) in [6.07, 6.45) is 0.810. The van der Waals surface area contributed by atoms with Gasteiger partial charge in [-0.2, -0.15) is 0 Å². The molecule has 20 heavy (non-hydrogen) atoms. The summed E-state index contributed by atoms with van der Waals surface area (Å²) in [6.45, 7) is 4.20. The van der Waals surface area contributed by atoms with E-state index in [4.69, 9.17) is 9.84 Å². The Morgan fingerprint density at radius 2 is 2.10 bits per heavy atom. The number of fused-ring (bicyclic) bond motifs is 1. The molecule has 0 saturated carbocycles. The van der Waals surface area contributed by atoms with Crippen LogP contribution < -0.4 is 4.74 Å². The van der Waals surface area contributed by atoms with Gasteiger partial charge in [-0.25, -0.2) is 0 Å². The predicted octanol–water partition coefficient (Wildman–Crippen LogP) is 2.26. The quantitative estimate of drug-likeness (QED) is 0.849. The highest BCUT2D eigenvalue weighted by Crippen LogP contribution is 2.23. The molecule has 108 valence electrons. The molecule has 1 aromatic carbocycles. The zero-order valence-corrected chi connectivity index (χ0v) is 11.6. The van der Waals surface area contributed by atoms with Crippen molar-refractivity contribution in [2.24, 2.45) is 0 Å². The molecule has 0 aliphatic rings. The summed E-state index contributed by atoms with van der Waals surface area (Å²) >= 11 is 0. The maximum absolute atomic E-state index is 10.6. The molecule has 2 aromatic rings. The number of rotatable bonds is 6. The van der Waals surface area contributed by atoms with Crippen molar-refractivity contribution in [1.82, 2.24) is 4.57 Å². The predicted molar refractivity (Wildman–Crippen MR) is 76.0 cm³/mol. The van der Waals surface area contributed by atoms with E-state index in [0.717, 1.165) is 16.7 Å². The maximum atomic E-state index is 10.6. The van der Waals surface area contributed by atoms with Crippen molar-refractivity contribution < 1.29 is 19.7 Å². The fourth-order valence-electron chi connectivity index (χ4n) is 2.18. The average molecular weight is 277 g/mol. The van der Waals surface area contributed by atoms with Crippen LogP contribution in [0.2, 0.25) is 0 Å². The van der Waals surface area contributed by atoms with E-state index in [-0.39, 0.29) is 19.1 Å². The van der Waals surface area contributed by atoms with Crippen LogP contribution in [0, 0.1) is 0 Å². The van der Waals surface area contributed by atoms with Crippen molar-refractivity contribution in [3.8, 4) is 5.75 Å². The molecule has 0 spiro atoms. The van der Waals surface area contributed by atoms with Crippen LogP contribution in [0.4, 0.5) is 0 Å². The number of nitrogens with zero attached hydrogens (tertiary/aromatic N) is 1. The van der Waals surface area contributed by atoms with Crippen LogP contribution >= 0.6 is 0 Å². The van der Waals surface area contributed by atoms with E-state index in [2.05, 4.69) is 0 Å². The number of carboxylic acid groups (broad SMARTS) is 1. The number of benzene rings is 1. The molecular weight excluding hydrogens is 258 g/mol. The normalized spacial score (nSPS) is 12.8. The van der Waals surface area contributed by atoms with Crippen molar-refractivity contribution >= 4 is 16.9 Å². The summed E-state index contributed by atoms with van der Waals surface area (Å²) < 4.78 is 7.48. The van der Waals surface area contributed by atoms with E-state index in [1.807, 2.05) is 48.9 Å². The minimum Gasteiger partial charge on any atom is -0.491 e. The number of aliphatic hydroxyl groups excluding tert-OH is 1. The van der Waals surface area contributed by atoms with Gasteiger partial charge in [0, 0.05) is 23.6 Å². The molecule has 0 amide bonds. The summed E-state index contributed by atoms with van der Waals surface area (Å²) in [5, 5.41) is 19.4. The number of hydrogen-bond donors (Lipinski definition) is 2. The number of hydrogen-bond acceptors (Lipinski definition) is 3. The molecule has 1 aromatic heterocycles. The Kier molecular flexibility index (Phi) is 4.29. The van der Waals surface area contributed by atoms with Gasteiger partial charge in [0.2, 0.25) is 0 Å². The van der Waals surface area contributed by atoms with E-state index in [0.29, 0.717) is 0 Å². The maximum Gasteiger partial charge on any atom is 0.306 e. The number of carboxylic acids is 1. The Labute approximate surface area is 117 Å². The Hall–Kier alpha value is -2.01. The van der Waals surface area contributed by atoms with Crippen LogP contribution in [0.15, 0.2) is 30.5 Å². The minimum absolute atomic E-state index is 0.118. The van der Waals surface area contributed by atoms with Crippen LogP contribution in [-0.2, 0) is 11.3 Å². The molecular formula is C15H19NO4. The summed E-state index contributed by atoms with van der Waals surface area (Å²) in [4.78, 5) is 10.6. The van der Waals surface area contributed by atoms with Crippen molar-refractivity contribution in [2.45, 2.75) is 39.0 Å². The van der Waals surface area contributed by atoms with Gasteiger partial charge in [0.05, 0.1) is 18.6 Å². The first-order chi connectivity index (χ1) is 9.45. The van der Waals surface area contributed by atoms with Crippen molar-refractivity contribution in [3.05, 3.63) is 30.5 Å². The Morgan fingerprint density at radius 3 is 2.75 bits per heavy atom. The molecule has 0 saturated heterocycles. The zero-order chi connectivity index (χ0) is 14.7. The van der Waals surface area contributed by atoms with Gasteiger partial charge in [0.1, 0.15) is 5.75 Å². The Morgan fingerprint density at radius 1 is 1.35 bits per heavy atom. The lowest BCUT2D eigenvalue weighted by Gasteiger charge is -2.12. The standard InChI is InChI=1S/C15H19NO4/c1-10(2)20-13-3-4-14-11(7-13)5-6-16(14)9-12(17)8-15(18)19/h3-7,10,12,17H,8-9H2,1-2H3,(H,18,19). The first-order valence-electron chi connectivity index (χ1n) is 6.61. The van der Waals surface area contributed by atoms with E-state index in [9.17, 15) is 9.90 Å². The van der Waals surface area contributed by atoms with Gasteiger partial charge in [-0.1, -0.05) is 0 Å². The van der Waals surface area contributed by atoms with Crippen molar-refractivity contribution in [2.75, 3.05) is 0 Å². The second kappa shape index (κ2) is 5.96. The van der Waals surface area contributed by atoms with Gasteiger partial charge in [-0.15, -0.1) is 0 Å². The Bertz CT molecular complexity index is 603. The van der Waals surface area contributed by atoms with E-state index < -0.39 is 12.1 Å². The molecule has 0 aliphatic carbocycles. The lowest BCUT2D eigenvalue weighted by molar-refractivity contribution is -0.139. The molecule has 2 N–H and O–H groups in total. The second-order valence-corrected chi connectivity index (χ2v) is 5.11. The van der Waals surface area contributed by atoms with Crippen LogP contribution in [-0.4, -0.2) is 33.0 Å². The molecule has 1 unspecified atom stereocenters. The smallest absolute Gasteiger partial charge is 0.306 e. The summed E-state index contributed by atoms with van der Waals surface area (Å²) in [5.41, 5.74) is 0.950. The molecule has 0 aliphatic heterocycles. The third-order valence-electron chi connectivity index (χ3n) is 2.93. The van der Waals surface area contributed by atoms with Gasteiger partial charge < -0.3 is 19.5 Å². The van der Waals surface area contributed by atoms with E-state index >= 15 is 0 Å². The third kappa shape index (κ3) is 3.51. The fraction of sp³-hybridized carbons (Fsp3) is 0.400. The van der Waals surface area contributed by atoms with Gasteiger partial charge in [0.25, 0.3) is 0 Å². The molecule has 1 heterocycles. The summed E-state index contributed by atoms with van der Waals surface area (Å²) in [7, 11) is 0. The van der Waals surface area contributed by atoms with Crippen molar-refractivity contribution in [1.29, 1.82) is 0 Å². The van der Waals surface area contributed by atoms with Crippen LogP contribution in [0.25, 0.3) is 10.9 Å². The minimum atomic E-state index is -0.999. The first-order valence-corrected chi connectivity index (χ1v) is 6.61. The molecule has 1 atom stereocenters. The van der Waals surface area contributed by atoms with Gasteiger partial charge in [-0.05, 0) is 38.1 Å². The van der Waals surface area contributed by atoms with Gasteiger partial charge in [-0.3, -0.25) is 4.79 Å². The summed E-state index contributed by atoms with van der Waals surface area (Å²) in [6, 6.07) is 7.66. The average Bonchev–Trinajstić information content (AvgIpc) is 2.70. The molecule has 0 radical (unpaired) electrons. The number of aromatic nitrogens is 1. The number of carbonyl (C=O) groups is 1. The lowest BCUT2D eigenvalue weighted by atomic mass is 10.2. The summed E-state index contributed by atoms with van der Waals surface area (Å²) in [5.74, 6) is -0.196. The largest absolute Gasteiger partial charge is 0.491 e. The molecule has 0 fully saturated rings. The van der Waals surface area contributed by atoms with Crippen LogP contribution in [0.3, 0.4) is 0 Å². The fourth-order valence-corrected chi connectivity index (χ4v) is 2.18. The molecule has 5 heteroatoms. The van der Waals surface area contributed by atoms with Crippen LogP contribution in [0.5, 0.6) is 5.75 Å². The first kappa shape index (κ1) is 14.4. The topological polar surface area (TPSA) is 71.7 Å². The monoisotopic (exact) mass is 277 g/mol. The second-order valence-electron chi connectivity index (χ2n) is 5.11. The molecule has 2 rings (SSSR count). The molecule has 5 nitrogen and oxygen atoms in total. The van der Waals surface area contributed by atoms with Gasteiger partial charge >= 0.3 is 5.97 Å². The lowest BCUT2D eigenvalue weighted by Crippen LogP contribution is -2.19. The zero-order valence-electron chi connectivity index (χ0n) is 11.6. The number of ether oxygens (including phenoxy) is 1.